The third kappa shape index (κ3) is 3.69. The van der Waals surface area contributed by atoms with Gasteiger partial charge < -0.3 is 31.2 Å². The molecule has 2 aromatic rings. The predicted octanol–water partition coefficient (Wildman–Crippen LogP) is -0.146. The van der Waals surface area contributed by atoms with Gasteiger partial charge in [0.1, 0.15) is 19.0 Å². The van der Waals surface area contributed by atoms with E-state index in [4.69, 9.17) is 31.2 Å². The molecule has 0 bridgehead atoms. The summed E-state index contributed by atoms with van der Waals surface area (Å²) in [5.74, 6) is 0.743. The van der Waals surface area contributed by atoms with Gasteiger partial charge in [-0.15, -0.1) is 5.10 Å². The highest BCUT2D eigenvalue weighted by molar-refractivity contribution is 6.11. The average molecular weight is 359 g/mol. The molecule has 0 spiro atoms. The summed E-state index contributed by atoms with van der Waals surface area (Å²) in [6.07, 6.45) is 5.04. The minimum absolute atomic E-state index is 0.0959. The Morgan fingerprint density at radius 1 is 1.19 bits per heavy atom. The van der Waals surface area contributed by atoms with E-state index in [-0.39, 0.29) is 32.3 Å². The Morgan fingerprint density at radius 2 is 1.96 bits per heavy atom. The van der Waals surface area contributed by atoms with E-state index in [1.165, 1.54) is 0 Å². The Bertz CT molecular complexity index is 871. The highest BCUT2D eigenvalue weighted by Gasteiger charge is 2.20. The summed E-state index contributed by atoms with van der Waals surface area (Å²) in [4.78, 5) is 4.59. The maximum atomic E-state index is 9.02. The van der Waals surface area contributed by atoms with Gasteiger partial charge in [0.2, 0.25) is 0 Å². The van der Waals surface area contributed by atoms with Crippen molar-refractivity contribution in [2.24, 2.45) is 16.5 Å². The van der Waals surface area contributed by atoms with Crippen molar-refractivity contribution in [3.63, 3.8) is 0 Å². The third-order valence-corrected chi connectivity index (χ3v) is 3.67. The molecule has 0 amide bonds. The molecule has 0 fully saturated rings. The molecule has 0 radical (unpaired) electrons. The van der Waals surface area contributed by atoms with Crippen molar-refractivity contribution in [1.29, 1.82) is 0 Å². The molecule has 138 valence electrons. The fourth-order valence-electron chi connectivity index (χ4n) is 2.50. The summed E-state index contributed by atoms with van der Waals surface area (Å²) in [6, 6.07) is 5.04. The highest BCUT2D eigenvalue weighted by atomic mass is 16.5. The van der Waals surface area contributed by atoms with Gasteiger partial charge >= 0.3 is 0 Å². The Morgan fingerprint density at radius 3 is 2.73 bits per heavy atom. The number of allylic oxidation sites excluding steroid dienone is 1. The van der Waals surface area contributed by atoms with Crippen molar-refractivity contribution >= 4 is 16.9 Å². The number of pyridine rings is 1. The number of aromatic nitrogens is 2. The minimum Gasteiger partial charge on any atom is -0.493 e. The fourth-order valence-corrected chi connectivity index (χ4v) is 2.50. The third-order valence-electron chi connectivity index (χ3n) is 3.67. The van der Waals surface area contributed by atoms with E-state index in [1.54, 1.807) is 22.9 Å². The van der Waals surface area contributed by atoms with Gasteiger partial charge in [-0.2, -0.15) is 0 Å². The zero-order valence-corrected chi connectivity index (χ0v) is 14.1. The fraction of sp³-hybridized carbons (Fsp3) is 0.294. The van der Waals surface area contributed by atoms with Crippen LogP contribution in [0, 0.1) is 0 Å². The highest BCUT2D eigenvalue weighted by Crippen LogP contribution is 2.32. The Balaban J connectivity index is 2.04. The van der Waals surface area contributed by atoms with Gasteiger partial charge in [-0.3, -0.25) is 0 Å². The molecule has 3 rings (SSSR count). The van der Waals surface area contributed by atoms with Gasteiger partial charge in [0.25, 0.3) is 5.88 Å². The topological polar surface area (TPSA) is 141 Å². The summed E-state index contributed by atoms with van der Waals surface area (Å²) >= 11 is 0. The lowest BCUT2D eigenvalue weighted by Gasteiger charge is -2.19. The number of nitrogens with two attached hydrogens (primary N) is 2. The monoisotopic (exact) mass is 359 g/mol. The lowest BCUT2D eigenvalue weighted by atomic mass is 10.0. The van der Waals surface area contributed by atoms with Gasteiger partial charge in [0.15, 0.2) is 5.69 Å². The van der Waals surface area contributed by atoms with Crippen molar-refractivity contribution in [2.45, 2.75) is 6.04 Å². The van der Waals surface area contributed by atoms with E-state index >= 15 is 0 Å². The number of hydrogen-bond acceptors (Lipinski definition) is 8. The summed E-state index contributed by atoms with van der Waals surface area (Å²) in [7, 11) is 0. The van der Waals surface area contributed by atoms with Crippen LogP contribution < -0.4 is 16.2 Å². The Kier molecular flexibility index (Phi) is 5.52. The second-order valence-corrected chi connectivity index (χ2v) is 5.52. The second kappa shape index (κ2) is 8.00. The van der Waals surface area contributed by atoms with Gasteiger partial charge in [-0.25, -0.2) is 9.51 Å². The first-order valence-electron chi connectivity index (χ1n) is 8.12. The summed E-state index contributed by atoms with van der Waals surface area (Å²) < 4.78 is 12.6. The van der Waals surface area contributed by atoms with Crippen molar-refractivity contribution in [3.8, 4) is 5.88 Å². The van der Waals surface area contributed by atoms with Crippen LogP contribution in [-0.4, -0.2) is 58.0 Å². The van der Waals surface area contributed by atoms with E-state index in [0.29, 0.717) is 22.9 Å². The van der Waals surface area contributed by atoms with Crippen LogP contribution in [0.1, 0.15) is 0 Å². The van der Waals surface area contributed by atoms with Crippen molar-refractivity contribution < 1.29 is 19.7 Å². The lowest BCUT2D eigenvalue weighted by molar-refractivity contribution is 0.138. The molecular formula is C17H21N5O4. The molecule has 0 saturated heterocycles. The largest absolute Gasteiger partial charge is 0.493 e. The van der Waals surface area contributed by atoms with E-state index in [9.17, 15) is 0 Å². The van der Waals surface area contributed by atoms with E-state index in [0.717, 1.165) is 5.52 Å². The van der Waals surface area contributed by atoms with Crippen LogP contribution in [0.5, 0.6) is 5.88 Å². The van der Waals surface area contributed by atoms with Crippen LogP contribution in [0.4, 0.5) is 5.69 Å². The molecule has 26 heavy (non-hydrogen) atoms. The minimum atomic E-state index is -0.505. The number of fused-ring (bicyclic) bond motifs is 1. The van der Waals surface area contributed by atoms with Crippen LogP contribution in [0.15, 0.2) is 53.0 Å². The maximum absolute atomic E-state index is 9.02. The quantitative estimate of drug-likeness (QED) is 0.539. The standard InChI is InChI=1S/C17H21N5O4/c18-11-9-12(19)15(25-7-5-23)10-13(11)20-16-14-3-1-2-4-22(14)21-17(16)26-8-6-24/h1-4,9-10,12,23-24H,5-8,18-19H2. The number of hydrogen-bond donors (Lipinski definition) is 4. The van der Waals surface area contributed by atoms with Gasteiger partial charge in [0.05, 0.1) is 36.2 Å². The number of nitrogens with zero attached hydrogens (tertiary/aromatic N) is 3. The molecule has 1 aliphatic carbocycles. The molecule has 2 aromatic heterocycles. The van der Waals surface area contributed by atoms with Crippen LogP contribution in [-0.2, 0) is 4.74 Å². The average Bonchev–Trinajstić information content (AvgIpc) is 2.98. The van der Waals surface area contributed by atoms with Gasteiger partial charge in [-0.1, -0.05) is 6.07 Å². The SMILES string of the molecule is NC1=CC(N)C(OCCO)=CC1=Nc1c(OCCO)nn2ccccc12. The Labute approximate surface area is 149 Å². The van der Waals surface area contributed by atoms with Gasteiger partial charge in [0, 0.05) is 12.3 Å². The summed E-state index contributed by atoms with van der Waals surface area (Å²) in [5, 5.41) is 22.3. The van der Waals surface area contributed by atoms with Crippen LogP contribution in [0.25, 0.3) is 5.52 Å². The number of aliphatic imine (C=N–C) groups is 1. The van der Waals surface area contributed by atoms with E-state index < -0.39 is 6.04 Å². The first-order chi connectivity index (χ1) is 12.6. The van der Waals surface area contributed by atoms with Crippen molar-refractivity contribution in [2.75, 3.05) is 26.4 Å². The van der Waals surface area contributed by atoms with Crippen LogP contribution in [0.2, 0.25) is 0 Å². The molecule has 1 atom stereocenters. The zero-order chi connectivity index (χ0) is 18.5. The zero-order valence-electron chi connectivity index (χ0n) is 14.1. The normalized spacial score (nSPS) is 18.7. The first kappa shape index (κ1) is 17.9. The molecule has 0 aromatic carbocycles. The second-order valence-electron chi connectivity index (χ2n) is 5.52. The summed E-state index contributed by atoms with van der Waals surface area (Å²) in [6.45, 7) is -0.0382. The number of rotatable bonds is 7. The first-order valence-corrected chi connectivity index (χ1v) is 8.12. The molecule has 0 saturated carbocycles. The Hall–Kier alpha value is -2.88. The van der Waals surface area contributed by atoms with E-state index in [1.807, 2.05) is 18.2 Å². The number of ether oxygens (including phenoxy) is 2. The molecule has 9 heteroatoms. The van der Waals surface area contributed by atoms with Crippen LogP contribution >= 0.6 is 0 Å². The van der Waals surface area contributed by atoms with E-state index in [2.05, 4.69) is 10.1 Å². The smallest absolute Gasteiger partial charge is 0.260 e. The van der Waals surface area contributed by atoms with Gasteiger partial charge in [-0.05, 0) is 18.2 Å². The molecule has 9 nitrogen and oxygen atoms in total. The molecule has 0 aliphatic heterocycles. The number of aliphatic hydroxyl groups is 2. The maximum Gasteiger partial charge on any atom is 0.260 e. The molecule has 1 unspecified atom stereocenters. The van der Waals surface area contributed by atoms with Crippen LogP contribution in [0.3, 0.4) is 0 Å². The lowest BCUT2D eigenvalue weighted by Crippen LogP contribution is -2.30. The molecular weight excluding hydrogens is 338 g/mol. The number of aliphatic hydroxyl groups excluding tert-OH is 2. The van der Waals surface area contributed by atoms with Crippen molar-refractivity contribution in [1.82, 2.24) is 9.61 Å². The molecule has 6 N–H and O–H groups in total. The molecule has 2 heterocycles. The van der Waals surface area contributed by atoms with Crippen molar-refractivity contribution in [3.05, 3.63) is 48.0 Å². The predicted molar refractivity (Wildman–Crippen MR) is 96.2 cm³/mol. The summed E-state index contributed by atoms with van der Waals surface area (Å²) in [5.41, 5.74) is 14.1. The molecule has 1 aliphatic rings.